The van der Waals surface area contributed by atoms with Crippen LogP contribution in [-0.2, 0) is 13.0 Å². The van der Waals surface area contributed by atoms with Gasteiger partial charge in [-0.3, -0.25) is 4.98 Å². The highest BCUT2D eigenvalue weighted by atomic mass is 79.9. The molecule has 2 rings (SSSR count). The molecule has 0 spiro atoms. The number of hydrogen-bond donors (Lipinski definition) is 1. The molecule has 0 saturated heterocycles. The van der Waals surface area contributed by atoms with Crippen LogP contribution >= 0.6 is 27.3 Å². The monoisotopic (exact) mass is 353 g/mol. The van der Waals surface area contributed by atoms with Crippen LogP contribution in [0.5, 0.6) is 0 Å². The van der Waals surface area contributed by atoms with Gasteiger partial charge in [-0.25, -0.2) is 4.98 Å². The molecule has 0 fully saturated rings. The van der Waals surface area contributed by atoms with Crippen LogP contribution in [0.4, 0.5) is 0 Å². The molecule has 0 radical (unpaired) electrons. The van der Waals surface area contributed by atoms with Gasteiger partial charge in [0.25, 0.3) is 0 Å². The van der Waals surface area contributed by atoms with Crippen LogP contribution in [0.2, 0.25) is 0 Å². The van der Waals surface area contributed by atoms with Crippen molar-refractivity contribution in [3.05, 3.63) is 33.5 Å². The van der Waals surface area contributed by atoms with E-state index in [1.165, 1.54) is 10.6 Å². The second-order valence-electron chi connectivity index (χ2n) is 5.74. The third kappa shape index (κ3) is 4.11. The smallest absolute Gasteiger partial charge is 0.125 e. The zero-order chi connectivity index (χ0) is 14.8. The van der Waals surface area contributed by atoms with E-state index in [4.69, 9.17) is 4.98 Å². The summed E-state index contributed by atoms with van der Waals surface area (Å²) in [5.74, 6) is 0. The molecular weight excluding hydrogens is 334 g/mol. The van der Waals surface area contributed by atoms with Crippen LogP contribution in [-0.4, -0.2) is 15.5 Å². The standard InChI is InChI=1S/C15H20BrN3S/c1-5-12-13(9-18-15(2,3)4)20-14(19-12)10-6-11(16)8-17-7-10/h6-8,18H,5,9H2,1-4H3. The van der Waals surface area contributed by atoms with Crippen molar-refractivity contribution in [2.75, 3.05) is 0 Å². The Bertz CT molecular complexity index is 587. The first kappa shape index (κ1) is 15.6. The fourth-order valence-corrected chi connectivity index (χ4v) is 3.23. The van der Waals surface area contributed by atoms with Crippen LogP contribution < -0.4 is 5.32 Å². The third-order valence-corrected chi connectivity index (χ3v) is 4.42. The number of aryl methyl sites for hydroxylation is 1. The first-order valence-corrected chi connectivity index (χ1v) is 8.34. The van der Waals surface area contributed by atoms with Crippen molar-refractivity contribution in [1.29, 1.82) is 0 Å². The molecule has 5 heteroatoms. The highest BCUT2D eigenvalue weighted by molar-refractivity contribution is 9.10. The number of aromatic nitrogens is 2. The lowest BCUT2D eigenvalue weighted by Gasteiger charge is -2.20. The van der Waals surface area contributed by atoms with Crippen LogP contribution in [0.15, 0.2) is 22.9 Å². The molecule has 0 amide bonds. The fraction of sp³-hybridized carbons (Fsp3) is 0.467. The number of nitrogens with one attached hydrogen (secondary N) is 1. The Morgan fingerprint density at radius 2 is 2.05 bits per heavy atom. The van der Waals surface area contributed by atoms with Gasteiger partial charge in [0, 0.05) is 39.4 Å². The molecule has 0 aliphatic carbocycles. The number of hydrogen-bond acceptors (Lipinski definition) is 4. The molecule has 1 N–H and O–H groups in total. The van der Waals surface area contributed by atoms with Crippen LogP contribution in [0.3, 0.4) is 0 Å². The van der Waals surface area contributed by atoms with E-state index in [0.29, 0.717) is 0 Å². The predicted octanol–water partition coefficient (Wildman–Crippen LogP) is 4.42. The van der Waals surface area contributed by atoms with E-state index in [1.54, 1.807) is 17.5 Å². The van der Waals surface area contributed by atoms with Crippen molar-refractivity contribution in [2.45, 2.75) is 46.2 Å². The summed E-state index contributed by atoms with van der Waals surface area (Å²) in [4.78, 5) is 10.3. The summed E-state index contributed by atoms with van der Waals surface area (Å²) in [6, 6.07) is 2.06. The van der Waals surface area contributed by atoms with Gasteiger partial charge >= 0.3 is 0 Å². The highest BCUT2D eigenvalue weighted by Crippen LogP contribution is 2.29. The van der Waals surface area contributed by atoms with Crippen LogP contribution in [0.1, 0.15) is 38.3 Å². The van der Waals surface area contributed by atoms with Gasteiger partial charge in [0.1, 0.15) is 5.01 Å². The molecule has 0 aliphatic heterocycles. The highest BCUT2D eigenvalue weighted by Gasteiger charge is 2.15. The fourth-order valence-electron chi connectivity index (χ4n) is 1.80. The van der Waals surface area contributed by atoms with E-state index in [1.807, 2.05) is 6.20 Å². The molecule has 0 aromatic carbocycles. The van der Waals surface area contributed by atoms with Gasteiger partial charge in [0.05, 0.1) is 5.69 Å². The lowest BCUT2D eigenvalue weighted by Crippen LogP contribution is -2.35. The summed E-state index contributed by atoms with van der Waals surface area (Å²) < 4.78 is 0.984. The zero-order valence-corrected chi connectivity index (χ0v) is 14.7. The van der Waals surface area contributed by atoms with Crippen LogP contribution in [0, 0.1) is 0 Å². The Morgan fingerprint density at radius 3 is 2.65 bits per heavy atom. The van der Waals surface area contributed by atoms with E-state index >= 15 is 0 Å². The summed E-state index contributed by atoms with van der Waals surface area (Å²) in [7, 11) is 0. The Labute approximate surface area is 133 Å². The molecule has 0 aliphatic rings. The topological polar surface area (TPSA) is 37.8 Å². The van der Waals surface area contributed by atoms with Gasteiger partial charge in [0.2, 0.25) is 0 Å². The molecule has 2 heterocycles. The Hall–Kier alpha value is -0.780. The third-order valence-electron chi connectivity index (χ3n) is 2.84. The maximum atomic E-state index is 4.76. The van der Waals surface area contributed by atoms with Gasteiger partial charge < -0.3 is 5.32 Å². The number of halogens is 1. The van der Waals surface area contributed by atoms with Crippen molar-refractivity contribution in [3.8, 4) is 10.6 Å². The van der Waals surface area contributed by atoms with Gasteiger partial charge in [-0.15, -0.1) is 11.3 Å². The minimum Gasteiger partial charge on any atom is -0.307 e. The lowest BCUT2D eigenvalue weighted by molar-refractivity contribution is 0.425. The van der Waals surface area contributed by atoms with Crippen molar-refractivity contribution >= 4 is 27.3 Å². The Balaban J connectivity index is 2.26. The summed E-state index contributed by atoms with van der Waals surface area (Å²) >= 11 is 5.21. The van der Waals surface area contributed by atoms with Gasteiger partial charge in [-0.1, -0.05) is 6.92 Å². The molecule has 2 aromatic rings. The predicted molar refractivity (Wildman–Crippen MR) is 89.0 cm³/mol. The van der Waals surface area contributed by atoms with E-state index in [0.717, 1.165) is 28.0 Å². The Morgan fingerprint density at radius 1 is 1.30 bits per heavy atom. The SMILES string of the molecule is CCc1nc(-c2cncc(Br)c2)sc1CNC(C)(C)C. The maximum absolute atomic E-state index is 4.76. The molecule has 3 nitrogen and oxygen atoms in total. The van der Waals surface area contributed by atoms with E-state index < -0.39 is 0 Å². The van der Waals surface area contributed by atoms with Crippen molar-refractivity contribution in [1.82, 2.24) is 15.3 Å². The molecule has 0 bridgehead atoms. The molecule has 0 atom stereocenters. The lowest BCUT2D eigenvalue weighted by atomic mass is 10.1. The average molecular weight is 354 g/mol. The quantitative estimate of drug-likeness (QED) is 0.883. The summed E-state index contributed by atoms with van der Waals surface area (Å²) in [6.45, 7) is 9.56. The van der Waals surface area contributed by atoms with Crippen molar-refractivity contribution in [2.24, 2.45) is 0 Å². The summed E-state index contributed by atoms with van der Waals surface area (Å²) in [6.07, 6.45) is 4.61. The molecule has 0 unspecified atom stereocenters. The summed E-state index contributed by atoms with van der Waals surface area (Å²) in [5.41, 5.74) is 2.37. The van der Waals surface area contributed by atoms with Crippen LogP contribution in [0.25, 0.3) is 10.6 Å². The number of nitrogens with zero attached hydrogens (tertiary/aromatic N) is 2. The van der Waals surface area contributed by atoms with E-state index in [2.05, 4.69) is 60.0 Å². The maximum Gasteiger partial charge on any atom is 0.125 e. The summed E-state index contributed by atoms with van der Waals surface area (Å²) in [5, 5.41) is 4.58. The average Bonchev–Trinajstić information content (AvgIpc) is 2.79. The van der Waals surface area contributed by atoms with E-state index in [-0.39, 0.29) is 5.54 Å². The molecule has 108 valence electrons. The van der Waals surface area contributed by atoms with Gasteiger partial charge in [0.15, 0.2) is 0 Å². The van der Waals surface area contributed by atoms with Crippen molar-refractivity contribution in [3.63, 3.8) is 0 Å². The number of thiazole rings is 1. The molecule has 0 saturated carbocycles. The largest absolute Gasteiger partial charge is 0.307 e. The van der Waals surface area contributed by atoms with Gasteiger partial charge in [-0.05, 0) is 49.2 Å². The normalized spacial score (nSPS) is 11.8. The second-order valence-corrected chi connectivity index (χ2v) is 7.74. The Kier molecular flexibility index (Phi) is 4.94. The molecule has 2 aromatic heterocycles. The first-order valence-electron chi connectivity index (χ1n) is 6.73. The molecular formula is C15H20BrN3S. The van der Waals surface area contributed by atoms with Gasteiger partial charge in [-0.2, -0.15) is 0 Å². The van der Waals surface area contributed by atoms with E-state index in [9.17, 15) is 0 Å². The minimum atomic E-state index is 0.118. The first-order chi connectivity index (χ1) is 9.39. The number of pyridine rings is 1. The molecule has 20 heavy (non-hydrogen) atoms. The second kappa shape index (κ2) is 6.33. The zero-order valence-electron chi connectivity index (χ0n) is 12.3. The van der Waals surface area contributed by atoms with Crippen molar-refractivity contribution < 1.29 is 0 Å². The number of rotatable bonds is 4. The minimum absolute atomic E-state index is 0.118.